The van der Waals surface area contributed by atoms with Gasteiger partial charge >= 0.3 is 0 Å². The summed E-state index contributed by atoms with van der Waals surface area (Å²) in [5, 5.41) is 5.97. The highest BCUT2D eigenvalue weighted by atomic mass is 35.5. The van der Waals surface area contributed by atoms with Crippen molar-refractivity contribution >= 4 is 18.3 Å². The lowest BCUT2D eigenvalue weighted by molar-refractivity contribution is -0.122. The van der Waals surface area contributed by atoms with E-state index < -0.39 is 0 Å². The lowest BCUT2D eigenvalue weighted by Crippen LogP contribution is -2.28. The van der Waals surface area contributed by atoms with Crippen molar-refractivity contribution in [3.63, 3.8) is 0 Å². The summed E-state index contributed by atoms with van der Waals surface area (Å²) in [5.74, 6) is 1.24. The van der Waals surface area contributed by atoms with E-state index in [1.54, 1.807) is 0 Å². The Balaban J connectivity index is 0. The van der Waals surface area contributed by atoms with Crippen molar-refractivity contribution in [3.05, 3.63) is 0 Å². The molecule has 0 fully saturated rings. The van der Waals surface area contributed by atoms with Crippen molar-refractivity contribution in [2.24, 2.45) is 11.8 Å². The smallest absolute Gasteiger partial charge is 0.220 e. The topological polar surface area (TPSA) is 41.1 Å². The van der Waals surface area contributed by atoms with E-state index in [0.717, 1.165) is 19.5 Å². The molecule has 0 bridgehead atoms. The van der Waals surface area contributed by atoms with Gasteiger partial charge in [-0.2, -0.15) is 0 Å². The second-order valence-corrected chi connectivity index (χ2v) is 4.23. The van der Waals surface area contributed by atoms with Crippen molar-refractivity contribution in [1.29, 1.82) is 0 Å². The van der Waals surface area contributed by atoms with Gasteiger partial charge in [0.15, 0.2) is 0 Å². The van der Waals surface area contributed by atoms with Crippen molar-refractivity contribution < 1.29 is 4.79 Å². The molecule has 0 aromatic carbocycles. The second kappa shape index (κ2) is 10.2. The Labute approximate surface area is 99.8 Å². The van der Waals surface area contributed by atoms with Crippen molar-refractivity contribution in [2.45, 2.75) is 33.6 Å². The van der Waals surface area contributed by atoms with E-state index in [1.165, 1.54) is 0 Å². The maximum atomic E-state index is 11.4. The van der Waals surface area contributed by atoms with Crippen LogP contribution in [-0.2, 0) is 4.79 Å². The third-order valence-corrected chi connectivity index (χ3v) is 2.57. The van der Waals surface area contributed by atoms with Gasteiger partial charge in [-0.3, -0.25) is 4.79 Å². The molecule has 92 valence electrons. The van der Waals surface area contributed by atoms with E-state index in [4.69, 9.17) is 0 Å². The minimum Gasteiger partial charge on any atom is -0.356 e. The molecule has 2 N–H and O–H groups in total. The zero-order chi connectivity index (χ0) is 11.0. The number of nitrogens with one attached hydrogen (secondary N) is 2. The van der Waals surface area contributed by atoms with Gasteiger partial charge in [0.05, 0.1) is 0 Å². The van der Waals surface area contributed by atoms with Crippen LogP contribution >= 0.6 is 12.4 Å². The fraction of sp³-hybridized carbons (Fsp3) is 0.909. The molecule has 4 heteroatoms. The number of rotatable bonds is 7. The molecule has 0 aromatic rings. The molecule has 0 aliphatic rings. The van der Waals surface area contributed by atoms with Crippen LogP contribution in [-0.4, -0.2) is 26.0 Å². The molecule has 1 amide bonds. The number of carbonyl (C=O) groups excluding carboxylic acids is 1. The van der Waals surface area contributed by atoms with E-state index in [-0.39, 0.29) is 18.3 Å². The molecule has 0 radical (unpaired) electrons. The van der Waals surface area contributed by atoms with Gasteiger partial charge in [-0.25, -0.2) is 0 Å². The first-order chi connectivity index (χ1) is 6.57. The van der Waals surface area contributed by atoms with Crippen molar-refractivity contribution in [2.75, 3.05) is 20.1 Å². The molecule has 0 saturated heterocycles. The van der Waals surface area contributed by atoms with Crippen LogP contribution in [0.15, 0.2) is 0 Å². The quantitative estimate of drug-likeness (QED) is 0.662. The first kappa shape index (κ1) is 17.1. The van der Waals surface area contributed by atoms with Gasteiger partial charge in [0.1, 0.15) is 0 Å². The van der Waals surface area contributed by atoms with E-state index in [2.05, 4.69) is 31.4 Å². The molecule has 0 rings (SSSR count). The van der Waals surface area contributed by atoms with Crippen LogP contribution in [0.2, 0.25) is 0 Å². The molecule has 0 aliphatic carbocycles. The summed E-state index contributed by atoms with van der Waals surface area (Å²) in [4.78, 5) is 11.4. The molecule has 0 heterocycles. The van der Waals surface area contributed by atoms with Crippen molar-refractivity contribution in [1.82, 2.24) is 10.6 Å². The molecule has 1 atom stereocenters. The standard InChI is InChI=1S/C11H24N2O.ClH/c1-9(2)10(3)8-11(14)13-7-5-6-12-4;/h9-10,12H,5-8H2,1-4H3,(H,13,14);1H. The molecule has 3 nitrogen and oxygen atoms in total. The van der Waals surface area contributed by atoms with E-state index in [9.17, 15) is 4.79 Å². The number of amides is 1. The number of carbonyl (C=O) groups is 1. The molecule has 15 heavy (non-hydrogen) atoms. The van der Waals surface area contributed by atoms with E-state index >= 15 is 0 Å². The largest absolute Gasteiger partial charge is 0.356 e. The molecule has 0 aliphatic heterocycles. The molecule has 0 spiro atoms. The maximum Gasteiger partial charge on any atom is 0.220 e. The molecule has 0 saturated carbocycles. The van der Waals surface area contributed by atoms with Crippen LogP contribution in [0.25, 0.3) is 0 Å². The number of hydrogen-bond acceptors (Lipinski definition) is 2. The van der Waals surface area contributed by atoms with Gasteiger partial charge in [0.2, 0.25) is 5.91 Å². The van der Waals surface area contributed by atoms with Crippen molar-refractivity contribution in [3.8, 4) is 0 Å². The molecule has 0 aromatic heterocycles. The van der Waals surface area contributed by atoms with Crippen LogP contribution in [0, 0.1) is 11.8 Å². The van der Waals surface area contributed by atoms with Crippen LogP contribution in [0.4, 0.5) is 0 Å². The second-order valence-electron chi connectivity index (χ2n) is 4.23. The molecule has 1 unspecified atom stereocenters. The van der Waals surface area contributed by atoms with Gasteiger partial charge in [-0.05, 0) is 31.8 Å². The summed E-state index contributed by atoms with van der Waals surface area (Å²) in [7, 11) is 1.92. The highest BCUT2D eigenvalue weighted by Crippen LogP contribution is 2.13. The van der Waals surface area contributed by atoms with Crippen LogP contribution in [0.1, 0.15) is 33.6 Å². The van der Waals surface area contributed by atoms with Crippen LogP contribution < -0.4 is 10.6 Å². The van der Waals surface area contributed by atoms with Gasteiger partial charge < -0.3 is 10.6 Å². The van der Waals surface area contributed by atoms with Gasteiger partial charge in [-0.1, -0.05) is 20.8 Å². The Hall–Kier alpha value is -0.280. The lowest BCUT2D eigenvalue weighted by atomic mass is 9.94. The average Bonchev–Trinajstić information content (AvgIpc) is 2.12. The Bertz CT molecular complexity index is 163. The predicted molar refractivity (Wildman–Crippen MR) is 67.4 cm³/mol. The highest BCUT2D eigenvalue weighted by Gasteiger charge is 2.11. The summed E-state index contributed by atoms with van der Waals surface area (Å²) in [5.41, 5.74) is 0. The fourth-order valence-electron chi connectivity index (χ4n) is 1.09. The SMILES string of the molecule is CNCCCNC(=O)CC(C)C(C)C.Cl. The lowest BCUT2D eigenvalue weighted by Gasteiger charge is -2.14. The van der Waals surface area contributed by atoms with Gasteiger partial charge in [0.25, 0.3) is 0 Å². The van der Waals surface area contributed by atoms with Gasteiger partial charge in [0, 0.05) is 13.0 Å². The summed E-state index contributed by atoms with van der Waals surface area (Å²) in [6, 6.07) is 0. The van der Waals surface area contributed by atoms with E-state index in [0.29, 0.717) is 18.3 Å². The zero-order valence-electron chi connectivity index (χ0n) is 10.3. The predicted octanol–water partition coefficient (Wildman–Crippen LogP) is 1.82. The summed E-state index contributed by atoms with van der Waals surface area (Å²) in [6.07, 6.45) is 1.65. The number of hydrogen-bond donors (Lipinski definition) is 2. The summed E-state index contributed by atoms with van der Waals surface area (Å²) >= 11 is 0. The minimum atomic E-state index is 0. The average molecular weight is 237 g/mol. The summed E-state index contributed by atoms with van der Waals surface area (Å²) < 4.78 is 0. The first-order valence-corrected chi connectivity index (χ1v) is 5.49. The molecular weight excluding hydrogens is 212 g/mol. The normalized spacial score (nSPS) is 12.1. The Morgan fingerprint density at radius 3 is 2.27 bits per heavy atom. The highest BCUT2D eigenvalue weighted by molar-refractivity contribution is 5.85. The Morgan fingerprint density at radius 1 is 1.20 bits per heavy atom. The third-order valence-electron chi connectivity index (χ3n) is 2.57. The Kier molecular flexibility index (Phi) is 11.7. The third kappa shape index (κ3) is 10.0. The monoisotopic (exact) mass is 236 g/mol. The summed E-state index contributed by atoms with van der Waals surface area (Å²) in [6.45, 7) is 8.17. The zero-order valence-corrected chi connectivity index (χ0v) is 11.1. The van der Waals surface area contributed by atoms with Crippen LogP contribution in [0.5, 0.6) is 0 Å². The van der Waals surface area contributed by atoms with Gasteiger partial charge in [-0.15, -0.1) is 12.4 Å². The van der Waals surface area contributed by atoms with Crippen LogP contribution in [0.3, 0.4) is 0 Å². The van der Waals surface area contributed by atoms with E-state index in [1.807, 2.05) is 7.05 Å². The molecular formula is C11H25ClN2O. The number of halogens is 1. The Morgan fingerprint density at radius 2 is 1.80 bits per heavy atom. The minimum absolute atomic E-state index is 0. The maximum absolute atomic E-state index is 11.4. The first-order valence-electron chi connectivity index (χ1n) is 5.49. The fourth-order valence-corrected chi connectivity index (χ4v) is 1.09.